The van der Waals surface area contributed by atoms with Gasteiger partial charge in [0.2, 0.25) is 0 Å². The predicted molar refractivity (Wildman–Crippen MR) is 106 cm³/mol. The van der Waals surface area contributed by atoms with E-state index in [9.17, 15) is 9.90 Å². The summed E-state index contributed by atoms with van der Waals surface area (Å²) in [5, 5.41) is 10.1. The predicted octanol–water partition coefficient (Wildman–Crippen LogP) is 3.76. The van der Waals surface area contributed by atoms with Crippen LogP contribution in [-0.2, 0) is 16.0 Å². The van der Waals surface area contributed by atoms with Crippen LogP contribution in [0.1, 0.15) is 51.0 Å². The molecule has 0 aromatic heterocycles. The van der Waals surface area contributed by atoms with Crippen molar-refractivity contribution in [1.29, 1.82) is 0 Å². The summed E-state index contributed by atoms with van der Waals surface area (Å²) in [5.74, 6) is 0.798. The van der Waals surface area contributed by atoms with Gasteiger partial charge in [0, 0.05) is 18.6 Å². The SMILES string of the molecule is CCCCOC[C@]1(CO)CCC[C@@]2(CN(Cc3ccc(OC)cc3)C(=O)O2)C1. The lowest BCUT2D eigenvalue weighted by Crippen LogP contribution is -2.48. The van der Waals surface area contributed by atoms with Gasteiger partial charge in [-0.25, -0.2) is 4.79 Å². The maximum Gasteiger partial charge on any atom is 0.410 e. The van der Waals surface area contributed by atoms with Crippen LogP contribution in [0, 0.1) is 5.41 Å². The molecule has 2 aliphatic rings. The molecule has 1 heterocycles. The summed E-state index contributed by atoms with van der Waals surface area (Å²) in [6.45, 7) is 4.53. The Morgan fingerprint density at radius 1 is 1.25 bits per heavy atom. The zero-order chi connectivity index (χ0) is 20.0. The molecule has 6 nitrogen and oxygen atoms in total. The molecule has 0 radical (unpaired) electrons. The van der Waals surface area contributed by atoms with Gasteiger partial charge in [0.1, 0.15) is 11.4 Å². The molecule has 1 aromatic carbocycles. The van der Waals surface area contributed by atoms with Crippen LogP contribution in [-0.4, -0.2) is 55.2 Å². The molecule has 1 saturated heterocycles. The second-order valence-corrected chi connectivity index (χ2v) is 8.35. The van der Waals surface area contributed by atoms with Crippen LogP contribution in [0.25, 0.3) is 0 Å². The number of amides is 1. The zero-order valence-electron chi connectivity index (χ0n) is 17.1. The second kappa shape index (κ2) is 9.14. The molecule has 6 heteroatoms. The highest BCUT2D eigenvalue weighted by molar-refractivity contribution is 5.70. The molecule has 1 amide bonds. The molecular weight excluding hydrogens is 358 g/mol. The van der Waals surface area contributed by atoms with Gasteiger partial charge in [0.05, 0.1) is 26.9 Å². The number of unbranched alkanes of at least 4 members (excludes halogenated alkanes) is 1. The van der Waals surface area contributed by atoms with E-state index in [4.69, 9.17) is 14.2 Å². The van der Waals surface area contributed by atoms with Crippen molar-refractivity contribution >= 4 is 6.09 Å². The maximum atomic E-state index is 12.6. The Bertz CT molecular complexity index is 649. The van der Waals surface area contributed by atoms with Crippen LogP contribution in [0.3, 0.4) is 0 Å². The summed E-state index contributed by atoms with van der Waals surface area (Å²) in [6.07, 6.45) is 5.19. The third kappa shape index (κ3) is 4.78. The van der Waals surface area contributed by atoms with Crippen molar-refractivity contribution in [2.75, 3.05) is 33.5 Å². The Morgan fingerprint density at radius 3 is 2.71 bits per heavy atom. The van der Waals surface area contributed by atoms with Crippen molar-refractivity contribution in [1.82, 2.24) is 4.90 Å². The summed E-state index contributed by atoms with van der Waals surface area (Å²) in [5.41, 5.74) is 0.211. The maximum absolute atomic E-state index is 12.6. The molecule has 2 atom stereocenters. The molecule has 1 aliphatic heterocycles. The van der Waals surface area contributed by atoms with Gasteiger partial charge in [-0.2, -0.15) is 0 Å². The lowest BCUT2D eigenvalue weighted by Gasteiger charge is -2.43. The molecule has 28 heavy (non-hydrogen) atoms. The van der Waals surface area contributed by atoms with E-state index in [1.54, 1.807) is 12.0 Å². The number of aliphatic hydroxyl groups is 1. The van der Waals surface area contributed by atoms with E-state index in [1.807, 2.05) is 24.3 Å². The molecule has 1 N–H and O–H groups in total. The van der Waals surface area contributed by atoms with E-state index in [0.717, 1.165) is 43.4 Å². The first kappa shape index (κ1) is 20.9. The van der Waals surface area contributed by atoms with Gasteiger partial charge in [0.25, 0.3) is 0 Å². The summed E-state index contributed by atoms with van der Waals surface area (Å²) in [6, 6.07) is 7.74. The average Bonchev–Trinajstić information content (AvgIpc) is 3.00. The Labute approximate surface area is 167 Å². The Hall–Kier alpha value is -1.79. The minimum Gasteiger partial charge on any atom is -0.497 e. The average molecular weight is 392 g/mol. The van der Waals surface area contributed by atoms with E-state index < -0.39 is 5.60 Å². The normalized spacial score (nSPS) is 27.2. The largest absolute Gasteiger partial charge is 0.497 e. The van der Waals surface area contributed by atoms with E-state index in [2.05, 4.69) is 6.92 Å². The van der Waals surface area contributed by atoms with Crippen LogP contribution in [0.2, 0.25) is 0 Å². The molecule has 1 aromatic rings. The summed E-state index contributed by atoms with van der Waals surface area (Å²) in [4.78, 5) is 14.3. The third-order valence-corrected chi connectivity index (χ3v) is 6.00. The molecule has 1 spiro atoms. The minimum atomic E-state index is -0.515. The zero-order valence-corrected chi connectivity index (χ0v) is 17.1. The number of carbonyl (C=O) groups is 1. The summed E-state index contributed by atoms with van der Waals surface area (Å²) >= 11 is 0. The van der Waals surface area contributed by atoms with E-state index in [1.165, 1.54) is 0 Å². The highest BCUT2D eigenvalue weighted by Crippen LogP contribution is 2.46. The fourth-order valence-corrected chi connectivity index (χ4v) is 4.47. The molecule has 3 rings (SSSR count). The molecule has 0 unspecified atom stereocenters. The number of benzene rings is 1. The van der Waals surface area contributed by atoms with Crippen molar-refractivity contribution in [3.8, 4) is 5.75 Å². The Kier molecular flexibility index (Phi) is 6.83. The summed E-state index contributed by atoms with van der Waals surface area (Å²) in [7, 11) is 1.64. The van der Waals surface area contributed by atoms with E-state index in [-0.39, 0.29) is 18.1 Å². The van der Waals surface area contributed by atoms with Gasteiger partial charge in [-0.3, -0.25) is 4.90 Å². The molecule has 156 valence electrons. The summed E-state index contributed by atoms with van der Waals surface area (Å²) < 4.78 is 16.9. The van der Waals surface area contributed by atoms with Crippen LogP contribution in [0.5, 0.6) is 5.75 Å². The van der Waals surface area contributed by atoms with Gasteiger partial charge in [-0.15, -0.1) is 0 Å². The number of aliphatic hydroxyl groups excluding tert-OH is 1. The van der Waals surface area contributed by atoms with Crippen LogP contribution >= 0.6 is 0 Å². The number of hydrogen-bond acceptors (Lipinski definition) is 5. The van der Waals surface area contributed by atoms with Crippen LogP contribution in [0.4, 0.5) is 4.79 Å². The van der Waals surface area contributed by atoms with Gasteiger partial charge < -0.3 is 19.3 Å². The fraction of sp³-hybridized carbons (Fsp3) is 0.682. The molecule has 1 saturated carbocycles. The number of carbonyl (C=O) groups excluding carboxylic acids is 1. The van der Waals surface area contributed by atoms with E-state index in [0.29, 0.717) is 32.7 Å². The van der Waals surface area contributed by atoms with Crippen molar-refractivity contribution < 1.29 is 24.1 Å². The fourth-order valence-electron chi connectivity index (χ4n) is 4.47. The van der Waals surface area contributed by atoms with Gasteiger partial charge >= 0.3 is 6.09 Å². The standard InChI is InChI=1S/C22H33NO5/c1-3-4-12-27-17-21(16-24)10-5-11-22(14-21)15-23(20(25)28-22)13-18-6-8-19(26-2)9-7-18/h6-9,24H,3-5,10-17H2,1-2H3/t21-,22+/m1/s1. The first-order valence-electron chi connectivity index (χ1n) is 10.3. The number of nitrogens with zero attached hydrogens (tertiary/aromatic N) is 1. The highest BCUT2D eigenvalue weighted by atomic mass is 16.6. The lowest BCUT2D eigenvalue weighted by atomic mass is 9.68. The van der Waals surface area contributed by atoms with Crippen LogP contribution < -0.4 is 4.74 Å². The van der Waals surface area contributed by atoms with Crippen molar-refractivity contribution in [2.45, 2.75) is 57.6 Å². The monoisotopic (exact) mass is 391 g/mol. The van der Waals surface area contributed by atoms with Gasteiger partial charge in [-0.1, -0.05) is 25.5 Å². The van der Waals surface area contributed by atoms with Gasteiger partial charge in [-0.05, 0) is 49.8 Å². The minimum absolute atomic E-state index is 0.0664. The highest BCUT2D eigenvalue weighted by Gasteiger charge is 2.52. The van der Waals surface area contributed by atoms with Crippen molar-refractivity contribution in [3.05, 3.63) is 29.8 Å². The first-order valence-corrected chi connectivity index (χ1v) is 10.3. The van der Waals surface area contributed by atoms with Gasteiger partial charge in [0.15, 0.2) is 0 Å². The quantitative estimate of drug-likeness (QED) is 0.649. The van der Waals surface area contributed by atoms with Crippen molar-refractivity contribution in [2.24, 2.45) is 5.41 Å². The number of rotatable bonds is 9. The Balaban J connectivity index is 1.63. The molecular formula is C22H33NO5. The topological polar surface area (TPSA) is 68.2 Å². The third-order valence-electron chi connectivity index (χ3n) is 6.00. The molecule has 1 aliphatic carbocycles. The smallest absolute Gasteiger partial charge is 0.410 e. The first-order chi connectivity index (χ1) is 13.5. The van der Waals surface area contributed by atoms with E-state index >= 15 is 0 Å². The molecule has 2 fully saturated rings. The van der Waals surface area contributed by atoms with Crippen LogP contribution in [0.15, 0.2) is 24.3 Å². The second-order valence-electron chi connectivity index (χ2n) is 8.35. The number of hydrogen-bond donors (Lipinski definition) is 1. The lowest BCUT2D eigenvalue weighted by molar-refractivity contribution is -0.0845. The Morgan fingerprint density at radius 2 is 2.04 bits per heavy atom. The molecule has 0 bridgehead atoms. The number of ether oxygens (including phenoxy) is 3. The van der Waals surface area contributed by atoms with Crippen molar-refractivity contribution in [3.63, 3.8) is 0 Å². The number of methoxy groups -OCH3 is 1.